The fourth-order valence-electron chi connectivity index (χ4n) is 2.34. The van der Waals surface area contributed by atoms with E-state index in [4.69, 9.17) is 21.7 Å². The maximum Gasteiger partial charge on any atom is 0.288 e. The number of thiocarbonyl (C=S) groups is 1. The van der Waals surface area contributed by atoms with Gasteiger partial charge in [0.25, 0.3) is 5.17 Å². The monoisotopic (exact) mass is 409 g/mol. The minimum absolute atomic E-state index is 0.0355. The first-order valence-corrected chi connectivity index (χ1v) is 8.74. The molecule has 0 radical (unpaired) electrons. The van der Waals surface area contributed by atoms with Crippen molar-refractivity contribution in [2.24, 2.45) is 0 Å². The fraction of sp³-hybridized carbons (Fsp3) is 0.278. The van der Waals surface area contributed by atoms with Gasteiger partial charge in [-0.25, -0.2) is 0 Å². The number of aryl methyl sites for hydroxylation is 2. The van der Waals surface area contributed by atoms with E-state index >= 15 is 0 Å². The van der Waals surface area contributed by atoms with Gasteiger partial charge in [-0.2, -0.15) is 5.06 Å². The number of para-hydroxylation sites is 1. The van der Waals surface area contributed by atoms with Crippen molar-refractivity contribution in [2.75, 3.05) is 12.2 Å². The number of ether oxygens (including phenoxy) is 2. The lowest BCUT2D eigenvalue weighted by Gasteiger charge is -2.21. The van der Waals surface area contributed by atoms with Gasteiger partial charge in [0.1, 0.15) is 12.4 Å². The number of rotatable bonds is 5. The Balaban J connectivity index is 2.24. The maximum absolute atomic E-state index is 10.3. The van der Waals surface area contributed by atoms with Crippen LogP contribution in [-0.2, 0) is 17.8 Å². The van der Waals surface area contributed by atoms with Gasteiger partial charge in [-0.1, -0.05) is 31.2 Å². The minimum Gasteiger partial charge on any atom is -0.489 e. The van der Waals surface area contributed by atoms with E-state index in [1.54, 1.807) is 0 Å². The standard InChI is InChI=1S/C18H20BrNO3S/c1-4-13-8-9-16(12(2)10-13)23-11-14-6-5-7-15(19)17(14)20(21)18(24)22-3/h5-10,21H,4,11H2,1-3H3. The largest absolute Gasteiger partial charge is 0.489 e. The van der Waals surface area contributed by atoms with Crippen molar-refractivity contribution in [3.05, 3.63) is 57.6 Å². The second-order valence-electron chi connectivity index (χ2n) is 5.27. The van der Waals surface area contributed by atoms with Gasteiger partial charge >= 0.3 is 0 Å². The molecule has 0 fully saturated rings. The van der Waals surface area contributed by atoms with Gasteiger partial charge in [0.2, 0.25) is 0 Å². The Bertz CT molecular complexity index is 736. The van der Waals surface area contributed by atoms with Crippen LogP contribution in [0.5, 0.6) is 5.75 Å². The van der Waals surface area contributed by atoms with E-state index in [1.807, 2.05) is 31.2 Å². The molecule has 0 aromatic heterocycles. The van der Waals surface area contributed by atoms with E-state index in [2.05, 4.69) is 35.0 Å². The van der Waals surface area contributed by atoms with Gasteiger partial charge in [-0.3, -0.25) is 5.21 Å². The van der Waals surface area contributed by atoms with Gasteiger partial charge in [-0.15, -0.1) is 0 Å². The third-order valence-corrected chi connectivity index (χ3v) is 4.64. The van der Waals surface area contributed by atoms with Crippen molar-refractivity contribution in [2.45, 2.75) is 26.9 Å². The molecule has 0 saturated carbocycles. The summed E-state index contributed by atoms with van der Waals surface area (Å²) in [5.74, 6) is 0.817. The molecule has 24 heavy (non-hydrogen) atoms. The number of halogens is 1. The molecule has 128 valence electrons. The summed E-state index contributed by atoms with van der Waals surface area (Å²) in [5.41, 5.74) is 3.64. The summed E-state index contributed by atoms with van der Waals surface area (Å²) in [4.78, 5) is 0. The van der Waals surface area contributed by atoms with E-state index in [1.165, 1.54) is 12.7 Å². The van der Waals surface area contributed by atoms with E-state index in [-0.39, 0.29) is 5.17 Å². The van der Waals surface area contributed by atoms with Crippen LogP contribution in [-0.4, -0.2) is 17.5 Å². The zero-order valence-corrected chi connectivity index (χ0v) is 16.3. The van der Waals surface area contributed by atoms with Crippen molar-refractivity contribution in [3.63, 3.8) is 0 Å². The smallest absolute Gasteiger partial charge is 0.288 e. The van der Waals surface area contributed by atoms with Crippen LogP contribution < -0.4 is 9.80 Å². The third-order valence-electron chi connectivity index (χ3n) is 3.66. The Morgan fingerprint density at radius 3 is 2.67 bits per heavy atom. The van der Waals surface area contributed by atoms with Crippen LogP contribution in [0, 0.1) is 6.92 Å². The summed E-state index contributed by atoms with van der Waals surface area (Å²) >= 11 is 8.43. The quantitative estimate of drug-likeness (QED) is 0.554. The summed E-state index contributed by atoms with van der Waals surface area (Å²) in [7, 11) is 1.41. The van der Waals surface area contributed by atoms with Crippen LogP contribution in [0.1, 0.15) is 23.6 Å². The molecule has 0 aliphatic heterocycles. The number of nitrogens with zero attached hydrogens (tertiary/aromatic N) is 1. The molecule has 2 rings (SSSR count). The topological polar surface area (TPSA) is 41.9 Å². The van der Waals surface area contributed by atoms with Crippen LogP contribution in [0.25, 0.3) is 0 Å². The molecule has 2 aromatic carbocycles. The summed E-state index contributed by atoms with van der Waals surface area (Å²) in [6.07, 6.45) is 0.991. The van der Waals surface area contributed by atoms with E-state index in [0.717, 1.165) is 28.4 Å². The molecule has 0 saturated heterocycles. The SMILES string of the molecule is CCc1ccc(OCc2cccc(Br)c2N(O)C(=S)OC)c(C)c1. The Kier molecular flexibility index (Phi) is 6.60. The Morgan fingerprint density at radius 1 is 1.29 bits per heavy atom. The summed E-state index contributed by atoms with van der Waals surface area (Å²) in [5, 5.41) is 11.1. The van der Waals surface area contributed by atoms with Crippen molar-refractivity contribution in [1.82, 2.24) is 0 Å². The molecule has 0 bridgehead atoms. The van der Waals surface area contributed by atoms with Crippen LogP contribution in [0.4, 0.5) is 5.69 Å². The molecular formula is C18H20BrNO3S. The number of hydrogen-bond acceptors (Lipinski definition) is 4. The molecule has 6 heteroatoms. The predicted molar refractivity (Wildman–Crippen MR) is 103 cm³/mol. The lowest BCUT2D eigenvalue weighted by atomic mass is 10.1. The van der Waals surface area contributed by atoms with Crippen molar-refractivity contribution < 1.29 is 14.7 Å². The average Bonchev–Trinajstić information content (AvgIpc) is 2.59. The molecule has 4 nitrogen and oxygen atoms in total. The zero-order chi connectivity index (χ0) is 17.7. The van der Waals surface area contributed by atoms with Crippen molar-refractivity contribution in [3.8, 4) is 5.75 Å². The van der Waals surface area contributed by atoms with Crippen LogP contribution in [0.2, 0.25) is 0 Å². The highest BCUT2D eigenvalue weighted by molar-refractivity contribution is 9.10. The molecule has 0 aliphatic carbocycles. The summed E-state index contributed by atoms with van der Waals surface area (Å²) < 4.78 is 11.6. The highest BCUT2D eigenvalue weighted by Crippen LogP contribution is 2.31. The number of hydrogen-bond donors (Lipinski definition) is 1. The highest BCUT2D eigenvalue weighted by Gasteiger charge is 2.18. The molecule has 0 unspecified atom stereocenters. The highest BCUT2D eigenvalue weighted by atomic mass is 79.9. The molecule has 2 aromatic rings. The first-order chi connectivity index (χ1) is 11.5. The van der Waals surface area contributed by atoms with Gasteiger partial charge in [0.05, 0.1) is 12.8 Å². The lowest BCUT2D eigenvalue weighted by Crippen LogP contribution is -2.28. The fourth-order valence-corrected chi connectivity index (χ4v) is 3.01. The number of anilines is 1. The van der Waals surface area contributed by atoms with E-state index < -0.39 is 0 Å². The molecule has 0 heterocycles. The second-order valence-corrected chi connectivity index (χ2v) is 6.48. The van der Waals surface area contributed by atoms with Crippen molar-refractivity contribution in [1.29, 1.82) is 0 Å². The predicted octanol–water partition coefficient (Wildman–Crippen LogP) is 5.03. The van der Waals surface area contributed by atoms with Gasteiger partial charge in [0, 0.05) is 10.0 Å². The molecule has 1 N–H and O–H groups in total. The van der Waals surface area contributed by atoms with Crippen LogP contribution in [0.15, 0.2) is 40.9 Å². The molecular weight excluding hydrogens is 390 g/mol. The second kappa shape index (κ2) is 8.46. The Morgan fingerprint density at radius 2 is 2.04 bits per heavy atom. The van der Waals surface area contributed by atoms with E-state index in [9.17, 15) is 5.21 Å². The minimum atomic E-state index is -0.0355. The van der Waals surface area contributed by atoms with Crippen LogP contribution in [0.3, 0.4) is 0 Å². The molecule has 0 spiro atoms. The molecule has 0 aliphatic rings. The Labute approximate surface area is 156 Å². The first-order valence-electron chi connectivity index (χ1n) is 7.54. The lowest BCUT2D eigenvalue weighted by molar-refractivity contribution is 0.263. The normalized spacial score (nSPS) is 10.4. The first kappa shape index (κ1) is 18.7. The van der Waals surface area contributed by atoms with Gasteiger partial charge < -0.3 is 9.47 Å². The van der Waals surface area contributed by atoms with Gasteiger partial charge in [-0.05, 0) is 64.8 Å². The Hall–Kier alpha value is -1.63. The average molecular weight is 410 g/mol. The zero-order valence-electron chi connectivity index (χ0n) is 13.9. The van der Waals surface area contributed by atoms with Gasteiger partial charge in [0.15, 0.2) is 0 Å². The number of methoxy groups -OCH3 is 1. The van der Waals surface area contributed by atoms with E-state index in [0.29, 0.717) is 16.8 Å². The van der Waals surface area contributed by atoms with Crippen LogP contribution >= 0.6 is 28.1 Å². The summed E-state index contributed by atoms with van der Waals surface area (Å²) in [6.45, 7) is 4.44. The van der Waals surface area contributed by atoms with Crippen molar-refractivity contribution >= 4 is 39.0 Å². The summed E-state index contributed by atoms with van der Waals surface area (Å²) in [6, 6.07) is 11.7. The molecule has 0 atom stereocenters. The number of benzene rings is 2. The number of hydroxylamine groups is 1. The third kappa shape index (κ3) is 4.26. The molecule has 0 amide bonds. The maximum atomic E-state index is 10.3.